The number of rotatable bonds is 14. The molecule has 0 spiro atoms. The summed E-state index contributed by atoms with van der Waals surface area (Å²) >= 11 is -1.00. The second kappa shape index (κ2) is 12.8. The molecule has 1 N–H and O–H groups in total. The molecular weight excluding hydrogens is 525 g/mol. The van der Waals surface area contributed by atoms with Crippen molar-refractivity contribution in [3.05, 3.63) is 24.3 Å². The Balaban J connectivity index is 2.68. The zero-order valence-corrected chi connectivity index (χ0v) is 19.5. The molecule has 1 aromatic carbocycles. The van der Waals surface area contributed by atoms with Crippen LogP contribution in [0.5, 0.6) is 0 Å². The summed E-state index contributed by atoms with van der Waals surface area (Å²) in [6.45, 7) is 0. The van der Waals surface area contributed by atoms with Gasteiger partial charge < -0.3 is 0 Å². The Morgan fingerprint density at radius 3 is 2.15 bits per heavy atom. The summed E-state index contributed by atoms with van der Waals surface area (Å²) < 4.78 is 69.4. The van der Waals surface area contributed by atoms with Crippen molar-refractivity contribution in [1.29, 1.82) is 0 Å². The molecule has 0 fully saturated rings. The van der Waals surface area contributed by atoms with Gasteiger partial charge in [0.1, 0.15) is 0 Å². The molecule has 0 radical (unpaired) electrons. The molecule has 0 heterocycles. The molecule has 27 heavy (non-hydrogen) atoms. The van der Waals surface area contributed by atoms with Crippen molar-refractivity contribution in [1.82, 2.24) is 0 Å². The van der Waals surface area contributed by atoms with Crippen molar-refractivity contribution in [2.45, 2.75) is 0 Å². The summed E-state index contributed by atoms with van der Waals surface area (Å²) in [5, 5.41) is 15.5. The predicted octanol–water partition coefficient (Wildman–Crippen LogP) is -0.820. The molecular formula is C11H15AsNO9S5-3. The Kier molecular flexibility index (Phi) is 12.0. The van der Waals surface area contributed by atoms with E-state index in [0.29, 0.717) is 17.2 Å². The first-order valence-electron chi connectivity index (χ1n) is 6.96. The number of hydrogen-bond acceptors (Lipinski definition) is 13. The van der Waals surface area contributed by atoms with E-state index in [1.165, 1.54) is 10.0 Å². The van der Waals surface area contributed by atoms with Gasteiger partial charge in [-0.25, -0.2) is 0 Å². The van der Waals surface area contributed by atoms with Crippen molar-refractivity contribution < 1.29 is 40.6 Å². The molecule has 1 atom stereocenters. The third-order valence-corrected chi connectivity index (χ3v) is 18.2. The van der Waals surface area contributed by atoms with Crippen molar-refractivity contribution in [3.63, 3.8) is 0 Å². The fourth-order valence-corrected chi connectivity index (χ4v) is 17.2. The summed E-state index contributed by atoms with van der Waals surface area (Å²) in [7, 11) is -5.68. The Hall–Kier alpha value is 0.328. The van der Waals surface area contributed by atoms with E-state index in [0.717, 1.165) is 16.4 Å². The molecule has 0 aliphatic heterocycles. The van der Waals surface area contributed by atoms with Crippen LogP contribution in [0.2, 0.25) is 0 Å². The molecule has 0 saturated heterocycles. The van der Waals surface area contributed by atoms with Crippen LogP contribution < -0.4 is 14.9 Å². The van der Waals surface area contributed by atoms with Crippen molar-refractivity contribution in [2.24, 2.45) is 0 Å². The van der Waals surface area contributed by atoms with Gasteiger partial charge in [-0.3, -0.25) is 0 Å². The maximum atomic E-state index is 10.8. The van der Waals surface area contributed by atoms with E-state index in [1.807, 2.05) is 0 Å². The van der Waals surface area contributed by atoms with E-state index in [1.54, 1.807) is 34.3 Å². The molecule has 0 amide bonds. The summed E-state index contributed by atoms with van der Waals surface area (Å²) in [4.78, 5) is 0. The minimum absolute atomic E-state index is 0.167. The average Bonchev–Trinajstić information content (AvgIpc) is 2.57. The van der Waals surface area contributed by atoms with Gasteiger partial charge in [0.25, 0.3) is 0 Å². The SMILES string of the molecule is O=S(=O)([O-])CCS[As](SCCSOO[O-])c1ccc(NCS(=O)(=O)[O-])cc1. The molecule has 0 bridgehead atoms. The van der Waals surface area contributed by atoms with Gasteiger partial charge in [0.2, 0.25) is 0 Å². The molecule has 16 heteroatoms. The molecule has 0 aromatic heterocycles. The van der Waals surface area contributed by atoms with E-state index in [-0.39, 0.29) is 5.75 Å². The van der Waals surface area contributed by atoms with Gasteiger partial charge in [-0.05, 0) is 0 Å². The molecule has 1 rings (SSSR count). The fourth-order valence-electron chi connectivity index (χ4n) is 1.49. The van der Waals surface area contributed by atoms with Gasteiger partial charge in [0.05, 0.1) is 0 Å². The predicted molar refractivity (Wildman–Crippen MR) is 104 cm³/mol. The van der Waals surface area contributed by atoms with Crippen LogP contribution >= 0.6 is 32.1 Å². The van der Waals surface area contributed by atoms with Gasteiger partial charge >= 0.3 is 174 Å². The van der Waals surface area contributed by atoms with Crippen molar-refractivity contribution in [2.75, 3.05) is 34.2 Å². The Morgan fingerprint density at radius 2 is 1.59 bits per heavy atom. The van der Waals surface area contributed by atoms with E-state index >= 15 is 0 Å². The van der Waals surface area contributed by atoms with Gasteiger partial charge in [0.15, 0.2) is 0 Å². The summed E-state index contributed by atoms with van der Waals surface area (Å²) in [6.07, 6.45) is 0. The fraction of sp³-hybridized carbons (Fsp3) is 0.455. The van der Waals surface area contributed by atoms with Crippen molar-refractivity contribution in [3.8, 4) is 0 Å². The molecule has 1 aromatic rings. The topological polar surface area (TPSA) is 168 Å². The second-order valence-corrected chi connectivity index (χ2v) is 20.0. The van der Waals surface area contributed by atoms with Crippen LogP contribution in [0, 0.1) is 0 Å². The van der Waals surface area contributed by atoms with Crippen LogP contribution in [-0.4, -0.2) is 67.2 Å². The molecule has 1 unspecified atom stereocenters. The third-order valence-electron chi connectivity index (χ3n) is 2.52. The number of nitrogens with one attached hydrogen (secondary N) is 1. The van der Waals surface area contributed by atoms with Crippen LogP contribution in [0.25, 0.3) is 0 Å². The molecule has 0 aliphatic carbocycles. The standard InChI is InChI=1S/C11H18AsNO9S5/c14-21-22-25-6-5-23-12(24-7-8-26(15,16)17)10-1-3-11(4-2-10)13-9-27(18,19)20/h1-4,13-14H,5-9H2,(H,15,16,17)(H,18,19,20)/p-3. The first-order chi connectivity index (χ1) is 12.6. The Bertz CT molecular complexity index is 759. The number of hydrogen-bond donors (Lipinski definition) is 1. The van der Waals surface area contributed by atoms with E-state index < -0.39 is 44.2 Å². The second-order valence-electron chi connectivity index (χ2n) is 4.57. The van der Waals surface area contributed by atoms with E-state index in [4.69, 9.17) is 0 Å². The molecule has 0 saturated carbocycles. The Morgan fingerprint density at radius 1 is 0.963 bits per heavy atom. The van der Waals surface area contributed by atoms with Gasteiger partial charge in [-0.1, -0.05) is 0 Å². The van der Waals surface area contributed by atoms with Gasteiger partial charge in [0, 0.05) is 0 Å². The van der Waals surface area contributed by atoms with Crippen molar-refractivity contribution >= 4 is 74.7 Å². The monoisotopic (exact) mass is 540 g/mol. The molecule has 10 nitrogen and oxygen atoms in total. The van der Waals surface area contributed by atoms with Crippen LogP contribution in [-0.2, 0) is 29.6 Å². The van der Waals surface area contributed by atoms with Crippen LogP contribution in [0.15, 0.2) is 24.3 Å². The first-order valence-corrected chi connectivity index (χ1v) is 18.4. The molecule has 156 valence electrons. The maximum absolute atomic E-state index is 10.8. The van der Waals surface area contributed by atoms with E-state index in [2.05, 4.69) is 14.7 Å². The summed E-state index contributed by atoms with van der Waals surface area (Å²) in [6, 6.07) is 6.76. The number of benzene rings is 1. The minimum atomic E-state index is -4.39. The van der Waals surface area contributed by atoms with Crippen LogP contribution in [0.1, 0.15) is 0 Å². The zero-order valence-electron chi connectivity index (χ0n) is 13.5. The third kappa shape index (κ3) is 13.2. The molecule has 0 aliphatic rings. The quantitative estimate of drug-likeness (QED) is 0.0777. The average molecular weight is 540 g/mol. The van der Waals surface area contributed by atoms with Crippen LogP contribution in [0.3, 0.4) is 0 Å². The summed E-state index contributed by atoms with van der Waals surface area (Å²) in [5.74, 6) is 0.0592. The first kappa shape index (κ1) is 25.4. The van der Waals surface area contributed by atoms with Crippen LogP contribution in [0.4, 0.5) is 5.69 Å². The normalized spacial score (nSPS) is 13.4. The van der Waals surface area contributed by atoms with Gasteiger partial charge in [-0.15, -0.1) is 0 Å². The van der Waals surface area contributed by atoms with Gasteiger partial charge in [-0.2, -0.15) is 0 Å². The number of anilines is 1. The zero-order chi connectivity index (χ0) is 20.3. The van der Waals surface area contributed by atoms with E-state index in [9.17, 15) is 31.2 Å². The summed E-state index contributed by atoms with van der Waals surface area (Å²) in [5.41, 5.74) is 0.459. The Labute approximate surface area is 172 Å².